The second-order valence-electron chi connectivity index (χ2n) is 3.81. The van der Waals surface area contributed by atoms with E-state index in [4.69, 9.17) is 4.74 Å². The largest absolute Gasteiger partial charge is 0.384 e. The van der Waals surface area contributed by atoms with Crippen LogP contribution in [0.4, 0.5) is 11.4 Å². The standard InChI is InChI=1S/C12H17BrN2O3/c1-2-7-18-8-3-6-14-12-5-4-10(15(16)17)9-11(12)13/h4-5,9,14H,2-3,6-8H2,1H3. The third-order valence-electron chi connectivity index (χ3n) is 2.29. The molecule has 0 saturated carbocycles. The molecule has 0 spiro atoms. The van der Waals surface area contributed by atoms with Gasteiger partial charge in [0.1, 0.15) is 0 Å². The number of ether oxygens (including phenoxy) is 1. The molecule has 1 aromatic rings. The lowest BCUT2D eigenvalue weighted by atomic mass is 10.3. The zero-order chi connectivity index (χ0) is 13.4. The molecule has 0 fully saturated rings. The summed E-state index contributed by atoms with van der Waals surface area (Å²) >= 11 is 3.31. The van der Waals surface area contributed by atoms with Crippen LogP contribution in [0, 0.1) is 10.1 Å². The molecular formula is C12H17BrN2O3. The van der Waals surface area contributed by atoms with Crippen molar-refractivity contribution in [3.05, 3.63) is 32.8 Å². The van der Waals surface area contributed by atoms with E-state index in [1.165, 1.54) is 12.1 Å². The van der Waals surface area contributed by atoms with Crippen molar-refractivity contribution in [2.24, 2.45) is 0 Å². The molecule has 18 heavy (non-hydrogen) atoms. The zero-order valence-corrected chi connectivity index (χ0v) is 11.9. The number of nitro groups is 1. The molecule has 0 aliphatic carbocycles. The number of nitrogens with one attached hydrogen (secondary N) is 1. The topological polar surface area (TPSA) is 64.4 Å². The third kappa shape index (κ3) is 5.01. The normalized spacial score (nSPS) is 10.3. The predicted molar refractivity (Wildman–Crippen MR) is 75.0 cm³/mol. The summed E-state index contributed by atoms with van der Waals surface area (Å²) in [5.41, 5.74) is 0.940. The highest BCUT2D eigenvalue weighted by atomic mass is 79.9. The number of anilines is 1. The summed E-state index contributed by atoms with van der Waals surface area (Å²) in [6.07, 6.45) is 1.94. The number of rotatable bonds is 8. The van der Waals surface area contributed by atoms with Gasteiger partial charge in [-0.15, -0.1) is 0 Å². The second kappa shape index (κ2) is 8.05. The van der Waals surface area contributed by atoms with E-state index >= 15 is 0 Å². The molecule has 0 atom stereocenters. The van der Waals surface area contributed by atoms with E-state index in [2.05, 4.69) is 28.2 Å². The van der Waals surface area contributed by atoms with Gasteiger partial charge in [0.15, 0.2) is 0 Å². The average molecular weight is 317 g/mol. The maximum Gasteiger partial charge on any atom is 0.270 e. The van der Waals surface area contributed by atoms with E-state index in [1.807, 2.05) is 0 Å². The Hall–Kier alpha value is -1.14. The van der Waals surface area contributed by atoms with Crippen LogP contribution in [0.25, 0.3) is 0 Å². The molecule has 0 heterocycles. The Morgan fingerprint density at radius 2 is 2.22 bits per heavy atom. The highest BCUT2D eigenvalue weighted by molar-refractivity contribution is 9.10. The fourth-order valence-electron chi connectivity index (χ4n) is 1.40. The van der Waals surface area contributed by atoms with Gasteiger partial charge in [0.05, 0.1) is 4.92 Å². The van der Waals surface area contributed by atoms with Crippen LogP contribution in [0.1, 0.15) is 19.8 Å². The molecule has 1 aromatic carbocycles. The van der Waals surface area contributed by atoms with Crippen LogP contribution in [0.15, 0.2) is 22.7 Å². The minimum atomic E-state index is -0.410. The van der Waals surface area contributed by atoms with Gasteiger partial charge < -0.3 is 10.1 Å². The molecule has 0 saturated heterocycles. The average Bonchev–Trinajstić information content (AvgIpc) is 2.35. The molecule has 0 unspecified atom stereocenters. The zero-order valence-electron chi connectivity index (χ0n) is 10.3. The summed E-state index contributed by atoms with van der Waals surface area (Å²) < 4.78 is 6.06. The summed E-state index contributed by atoms with van der Waals surface area (Å²) in [5, 5.41) is 13.8. The molecule has 100 valence electrons. The van der Waals surface area contributed by atoms with Crippen molar-refractivity contribution < 1.29 is 9.66 Å². The van der Waals surface area contributed by atoms with E-state index in [0.29, 0.717) is 4.47 Å². The second-order valence-corrected chi connectivity index (χ2v) is 4.67. The third-order valence-corrected chi connectivity index (χ3v) is 2.95. The predicted octanol–water partition coefficient (Wildman–Crippen LogP) is 3.59. The molecule has 0 aliphatic heterocycles. The van der Waals surface area contributed by atoms with Gasteiger partial charge in [-0.1, -0.05) is 6.92 Å². The first kappa shape index (κ1) is 14.9. The quantitative estimate of drug-likeness (QED) is 0.452. The van der Waals surface area contributed by atoms with Gasteiger partial charge in [0.25, 0.3) is 5.69 Å². The molecule has 0 aliphatic rings. The highest BCUT2D eigenvalue weighted by Gasteiger charge is 2.08. The number of hydrogen-bond acceptors (Lipinski definition) is 4. The summed E-state index contributed by atoms with van der Waals surface area (Å²) in [6, 6.07) is 4.69. The number of nitro benzene ring substituents is 1. The molecule has 0 amide bonds. The fourth-order valence-corrected chi connectivity index (χ4v) is 1.91. The molecule has 6 heteroatoms. The maximum absolute atomic E-state index is 10.6. The van der Waals surface area contributed by atoms with Crippen molar-refractivity contribution >= 4 is 27.3 Å². The Labute approximate surface area is 115 Å². The van der Waals surface area contributed by atoms with Crippen LogP contribution >= 0.6 is 15.9 Å². The van der Waals surface area contributed by atoms with Gasteiger partial charge in [0, 0.05) is 42.1 Å². The van der Waals surface area contributed by atoms with E-state index < -0.39 is 4.92 Å². The maximum atomic E-state index is 10.6. The van der Waals surface area contributed by atoms with Gasteiger partial charge in [0.2, 0.25) is 0 Å². The van der Waals surface area contributed by atoms with Gasteiger partial charge >= 0.3 is 0 Å². The lowest BCUT2D eigenvalue weighted by Crippen LogP contribution is -2.06. The van der Waals surface area contributed by atoms with E-state index in [0.717, 1.165) is 38.3 Å². The molecule has 5 nitrogen and oxygen atoms in total. The summed E-state index contributed by atoms with van der Waals surface area (Å²) in [7, 11) is 0. The number of hydrogen-bond donors (Lipinski definition) is 1. The van der Waals surface area contributed by atoms with Crippen molar-refractivity contribution in [3.63, 3.8) is 0 Å². The lowest BCUT2D eigenvalue weighted by molar-refractivity contribution is -0.384. The molecule has 0 radical (unpaired) electrons. The summed E-state index contributed by atoms with van der Waals surface area (Å²) in [6.45, 7) is 4.37. The van der Waals surface area contributed by atoms with Crippen molar-refractivity contribution in [1.82, 2.24) is 0 Å². The first-order valence-electron chi connectivity index (χ1n) is 5.90. The first-order chi connectivity index (χ1) is 8.65. The van der Waals surface area contributed by atoms with Crippen LogP contribution in [0.5, 0.6) is 0 Å². The lowest BCUT2D eigenvalue weighted by Gasteiger charge is -2.08. The minimum absolute atomic E-state index is 0.0821. The van der Waals surface area contributed by atoms with Crippen LogP contribution in [0.2, 0.25) is 0 Å². The summed E-state index contributed by atoms with van der Waals surface area (Å²) in [5.74, 6) is 0. The Balaban J connectivity index is 2.36. The van der Waals surface area contributed by atoms with E-state index in [1.54, 1.807) is 6.07 Å². The Morgan fingerprint density at radius 1 is 1.44 bits per heavy atom. The van der Waals surface area contributed by atoms with Crippen LogP contribution in [0.3, 0.4) is 0 Å². The van der Waals surface area contributed by atoms with E-state index in [9.17, 15) is 10.1 Å². The van der Waals surface area contributed by atoms with Crippen LogP contribution in [-0.2, 0) is 4.74 Å². The molecule has 1 rings (SSSR count). The molecule has 0 bridgehead atoms. The molecular weight excluding hydrogens is 300 g/mol. The van der Waals surface area contributed by atoms with Crippen molar-refractivity contribution in [2.75, 3.05) is 25.1 Å². The Kier molecular flexibility index (Phi) is 6.67. The Morgan fingerprint density at radius 3 is 2.83 bits per heavy atom. The smallest absolute Gasteiger partial charge is 0.270 e. The minimum Gasteiger partial charge on any atom is -0.384 e. The number of benzene rings is 1. The SMILES string of the molecule is CCCOCCCNc1ccc([N+](=O)[O-])cc1Br. The Bertz CT molecular complexity index is 399. The fraction of sp³-hybridized carbons (Fsp3) is 0.500. The highest BCUT2D eigenvalue weighted by Crippen LogP contribution is 2.26. The number of nitrogens with zero attached hydrogens (tertiary/aromatic N) is 1. The van der Waals surface area contributed by atoms with Crippen molar-refractivity contribution in [3.8, 4) is 0 Å². The number of non-ortho nitro benzene ring substituents is 1. The molecule has 1 N–H and O–H groups in total. The van der Waals surface area contributed by atoms with E-state index in [-0.39, 0.29) is 5.69 Å². The molecule has 0 aromatic heterocycles. The monoisotopic (exact) mass is 316 g/mol. The van der Waals surface area contributed by atoms with Gasteiger partial charge in [-0.2, -0.15) is 0 Å². The van der Waals surface area contributed by atoms with Crippen LogP contribution in [-0.4, -0.2) is 24.7 Å². The van der Waals surface area contributed by atoms with Crippen LogP contribution < -0.4 is 5.32 Å². The first-order valence-corrected chi connectivity index (χ1v) is 6.70. The summed E-state index contributed by atoms with van der Waals surface area (Å²) in [4.78, 5) is 10.2. The van der Waals surface area contributed by atoms with Gasteiger partial charge in [-0.3, -0.25) is 10.1 Å². The van der Waals surface area contributed by atoms with Gasteiger partial charge in [-0.05, 0) is 34.8 Å². The van der Waals surface area contributed by atoms with Crippen molar-refractivity contribution in [1.29, 1.82) is 0 Å². The van der Waals surface area contributed by atoms with Gasteiger partial charge in [-0.25, -0.2) is 0 Å². The van der Waals surface area contributed by atoms with Crippen molar-refractivity contribution in [2.45, 2.75) is 19.8 Å². The number of halogens is 1.